The Morgan fingerprint density at radius 1 is 1.04 bits per heavy atom. The summed E-state index contributed by atoms with van der Waals surface area (Å²) in [5.74, 6) is -5.19. The first-order valence-electron chi connectivity index (χ1n) is 7.97. The maximum Gasteiger partial charge on any atom is 0.379 e. The highest BCUT2D eigenvalue weighted by molar-refractivity contribution is 7.80. The number of hydrogen-bond acceptors (Lipinski definition) is 4. The number of hydrogen-bond donors (Lipinski definition) is 2. The van der Waals surface area contributed by atoms with Crippen LogP contribution in [0.2, 0.25) is 0 Å². The van der Waals surface area contributed by atoms with Gasteiger partial charge in [0.25, 0.3) is 5.78 Å². The summed E-state index contributed by atoms with van der Waals surface area (Å²) < 4.78 is 46.0. The second-order valence-electron chi connectivity index (χ2n) is 5.79. The van der Waals surface area contributed by atoms with E-state index in [4.69, 9.17) is 12.2 Å². The molecule has 3 rings (SSSR count). The molecule has 0 spiro atoms. The lowest BCUT2D eigenvalue weighted by molar-refractivity contribution is -0.150. The summed E-state index contributed by atoms with van der Waals surface area (Å²) in [5, 5.41) is 5.41. The minimum absolute atomic E-state index is 0.00871. The van der Waals surface area contributed by atoms with Crippen LogP contribution < -0.4 is 10.6 Å². The third kappa shape index (κ3) is 3.61. The molecular formula is C19H13F3N2O3S. The van der Waals surface area contributed by atoms with E-state index in [2.05, 4.69) is 15.4 Å². The highest BCUT2D eigenvalue weighted by atomic mass is 32.1. The summed E-state index contributed by atoms with van der Waals surface area (Å²) in [6.07, 6.45) is 0. The van der Waals surface area contributed by atoms with E-state index >= 15 is 0 Å². The number of carbonyl (C=O) groups is 2. The van der Waals surface area contributed by atoms with Crippen molar-refractivity contribution in [1.29, 1.82) is 0 Å². The molecular weight excluding hydrogens is 393 g/mol. The molecule has 28 heavy (non-hydrogen) atoms. The number of nitrogens with one attached hydrogen (secondary N) is 2. The number of thiocarbonyl (C=S) groups is 1. The predicted octanol–water partition coefficient (Wildman–Crippen LogP) is 2.78. The molecule has 0 aromatic heterocycles. The van der Waals surface area contributed by atoms with Gasteiger partial charge in [0, 0.05) is 5.56 Å². The third-order valence-electron chi connectivity index (χ3n) is 4.11. The standard InChI is InChI=1S/C19H13F3N2O3S/c1-27-18(26)17(25)14-15(9-6-7-12(21)13(22)8-9)23-19(28)24-16(14)10-4-2-3-5-11(10)20/h2-8,15H,1H3,(H2,23,24,28)/t15-/m0/s1. The number of methoxy groups -OCH3 is 1. The van der Waals surface area contributed by atoms with Gasteiger partial charge in [0.2, 0.25) is 0 Å². The van der Waals surface area contributed by atoms with Gasteiger partial charge in [-0.15, -0.1) is 0 Å². The minimum atomic E-state index is -1.20. The summed E-state index contributed by atoms with van der Waals surface area (Å²) in [7, 11) is 1.02. The van der Waals surface area contributed by atoms with Gasteiger partial charge in [-0.3, -0.25) is 4.79 Å². The SMILES string of the molecule is COC(=O)C(=O)C1=C(c2ccccc2F)NC(=S)N[C@H]1c1ccc(F)c(F)c1. The Labute approximate surface area is 163 Å². The smallest absolute Gasteiger partial charge is 0.379 e. The lowest BCUT2D eigenvalue weighted by Gasteiger charge is -2.31. The number of esters is 1. The zero-order chi connectivity index (χ0) is 20.4. The predicted molar refractivity (Wildman–Crippen MR) is 98.3 cm³/mol. The molecule has 1 heterocycles. The summed E-state index contributed by atoms with van der Waals surface area (Å²) in [4.78, 5) is 24.7. The van der Waals surface area contributed by atoms with Crippen LogP contribution in [0.4, 0.5) is 13.2 Å². The van der Waals surface area contributed by atoms with Gasteiger partial charge in [0.05, 0.1) is 24.4 Å². The zero-order valence-corrected chi connectivity index (χ0v) is 15.2. The number of rotatable bonds is 4. The molecule has 144 valence electrons. The number of halogens is 3. The molecule has 2 N–H and O–H groups in total. The summed E-state index contributed by atoms with van der Waals surface area (Å²) >= 11 is 5.12. The first-order chi connectivity index (χ1) is 13.3. The second kappa shape index (κ2) is 7.81. The van der Waals surface area contributed by atoms with E-state index in [1.165, 1.54) is 30.3 Å². The van der Waals surface area contributed by atoms with Crippen LogP contribution in [0.5, 0.6) is 0 Å². The highest BCUT2D eigenvalue weighted by Crippen LogP contribution is 2.33. The van der Waals surface area contributed by atoms with E-state index in [9.17, 15) is 22.8 Å². The first-order valence-corrected chi connectivity index (χ1v) is 8.38. The van der Waals surface area contributed by atoms with Crippen LogP contribution in [0.1, 0.15) is 17.2 Å². The Balaban J connectivity index is 2.27. The van der Waals surface area contributed by atoms with Crippen molar-refractivity contribution in [2.75, 3.05) is 7.11 Å². The normalized spacial score (nSPS) is 16.3. The molecule has 0 aliphatic carbocycles. The molecule has 1 atom stereocenters. The van der Waals surface area contributed by atoms with Crippen molar-refractivity contribution in [3.05, 3.63) is 76.6 Å². The topological polar surface area (TPSA) is 67.4 Å². The van der Waals surface area contributed by atoms with Crippen molar-refractivity contribution in [3.8, 4) is 0 Å². The van der Waals surface area contributed by atoms with Crippen molar-refractivity contribution in [1.82, 2.24) is 10.6 Å². The van der Waals surface area contributed by atoms with Crippen LogP contribution in [0.25, 0.3) is 5.70 Å². The molecule has 0 fully saturated rings. The Bertz CT molecular complexity index is 1020. The number of carbonyl (C=O) groups excluding carboxylic acids is 2. The molecule has 2 aromatic carbocycles. The Morgan fingerprint density at radius 3 is 2.39 bits per heavy atom. The molecule has 0 saturated carbocycles. The monoisotopic (exact) mass is 406 g/mol. The van der Waals surface area contributed by atoms with Gasteiger partial charge >= 0.3 is 5.97 Å². The number of ether oxygens (including phenoxy) is 1. The van der Waals surface area contributed by atoms with Crippen LogP contribution >= 0.6 is 12.2 Å². The first kappa shape index (κ1) is 19.6. The van der Waals surface area contributed by atoms with Crippen molar-refractivity contribution in [2.24, 2.45) is 0 Å². The summed E-state index contributed by atoms with van der Waals surface area (Å²) in [5.41, 5.74) is -0.210. The summed E-state index contributed by atoms with van der Waals surface area (Å²) in [6, 6.07) is 7.38. The highest BCUT2D eigenvalue weighted by Gasteiger charge is 2.36. The zero-order valence-electron chi connectivity index (χ0n) is 14.4. The lowest BCUT2D eigenvalue weighted by atomic mass is 9.89. The van der Waals surface area contributed by atoms with Crippen LogP contribution in [-0.2, 0) is 14.3 Å². The van der Waals surface area contributed by atoms with E-state index < -0.39 is 35.2 Å². The largest absolute Gasteiger partial charge is 0.463 e. The van der Waals surface area contributed by atoms with Crippen LogP contribution in [0.15, 0.2) is 48.0 Å². The Hall–Kier alpha value is -3.20. The molecule has 0 bridgehead atoms. The maximum absolute atomic E-state index is 14.4. The van der Waals surface area contributed by atoms with Crippen molar-refractivity contribution < 1.29 is 27.5 Å². The van der Waals surface area contributed by atoms with Gasteiger partial charge in [-0.05, 0) is 42.0 Å². The molecule has 0 saturated heterocycles. The third-order valence-corrected chi connectivity index (χ3v) is 4.33. The maximum atomic E-state index is 14.4. The van der Waals surface area contributed by atoms with Gasteiger partial charge in [0.15, 0.2) is 16.7 Å². The van der Waals surface area contributed by atoms with Crippen molar-refractivity contribution in [3.63, 3.8) is 0 Å². The van der Waals surface area contributed by atoms with Crippen molar-refractivity contribution >= 4 is 34.8 Å². The van der Waals surface area contributed by atoms with Gasteiger partial charge < -0.3 is 15.4 Å². The summed E-state index contributed by atoms with van der Waals surface area (Å²) in [6.45, 7) is 0. The van der Waals surface area contributed by atoms with Crippen LogP contribution in [0.3, 0.4) is 0 Å². The molecule has 5 nitrogen and oxygen atoms in total. The fourth-order valence-electron chi connectivity index (χ4n) is 2.83. The Kier molecular flexibility index (Phi) is 5.46. The lowest BCUT2D eigenvalue weighted by Crippen LogP contribution is -2.46. The van der Waals surface area contributed by atoms with Gasteiger partial charge in [-0.2, -0.15) is 0 Å². The second-order valence-corrected chi connectivity index (χ2v) is 6.20. The van der Waals surface area contributed by atoms with E-state index in [0.29, 0.717) is 0 Å². The molecule has 0 amide bonds. The van der Waals surface area contributed by atoms with Gasteiger partial charge in [0.1, 0.15) is 5.82 Å². The average molecular weight is 406 g/mol. The molecule has 1 aliphatic heterocycles. The minimum Gasteiger partial charge on any atom is -0.463 e. The fraction of sp³-hybridized carbons (Fsp3) is 0.105. The number of ketones is 1. The quantitative estimate of drug-likeness (QED) is 0.463. The van der Waals surface area contributed by atoms with E-state index in [1.54, 1.807) is 0 Å². The average Bonchev–Trinajstić information content (AvgIpc) is 2.68. The van der Waals surface area contributed by atoms with Gasteiger partial charge in [-0.1, -0.05) is 18.2 Å². The molecule has 2 aromatic rings. The molecule has 1 aliphatic rings. The molecule has 0 radical (unpaired) electrons. The Morgan fingerprint density at radius 2 is 1.75 bits per heavy atom. The molecule has 9 heteroatoms. The fourth-order valence-corrected chi connectivity index (χ4v) is 3.05. The van der Waals surface area contributed by atoms with E-state index in [1.807, 2.05) is 0 Å². The van der Waals surface area contributed by atoms with E-state index in [-0.39, 0.29) is 27.5 Å². The van der Waals surface area contributed by atoms with Crippen molar-refractivity contribution in [2.45, 2.75) is 6.04 Å². The van der Waals surface area contributed by atoms with Crippen LogP contribution in [0, 0.1) is 17.5 Å². The van der Waals surface area contributed by atoms with Gasteiger partial charge in [-0.25, -0.2) is 18.0 Å². The molecule has 0 unspecified atom stereocenters. The number of Topliss-reactive ketones (excluding diaryl/α,β-unsaturated/α-hetero) is 1. The van der Waals surface area contributed by atoms with Crippen LogP contribution in [-0.4, -0.2) is 24.0 Å². The number of benzene rings is 2. The van der Waals surface area contributed by atoms with E-state index in [0.717, 1.165) is 19.2 Å².